The van der Waals surface area contributed by atoms with Crippen molar-refractivity contribution in [2.45, 2.75) is 13.3 Å². The molecule has 2 heterocycles. The maximum Gasteiger partial charge on any atom is 0.0979 e. The van der Waals surface area contributed by atoms with Gasteiger partial charge in [0.2, 0.25) is 0 Å². The lowest BCUT2D eigenvalue weighted by molar-refractivity contribution is 1.14. The van der Waals surface area contributed by atoms with Gasteiger partial charge in [0.05, 0.1) is 15.6 Å². The minimum atomic E-state index is 0.804. The molecule has 3 aromatic rings. The molecule has 0 aliphatic heterocycles. The number of thiazole rings is 1. The lowest BCUT2D eigenvalue weighted by atomic mass is 10.1. The van der Waals surface area contributed by atoms with Crippen molar-refractivity contribution in [3.05, 3.63) is 57.2 Å². The van der Waals surface area contributed by atoms with Crippen LogP contribution in [0.2, 0.25) is 0 Å². The summed E-state index contributed by atoms with van der Waals surface area (Å²) in [7, 11) is 0. The minimum Gasteiger partial charge on any atom is -0.399 e. The highest BCUT2D eigenvalue weighted by Gasteiger charge is 2.10. The van der Waals surface area contributed by atoms with Gasteiger partial charge in [-0.1, -0.05) is 18.2 Å². The first-order valence-corrected chi connectivity index (χ1v) is 7.76. The Balaban J connectivity index is 1.87. The van der Waals surface area contributed by atoms with Gasteiger partial charge in [0, 0.05) is 17.0 Å². The Labute approximate surface area is 120 Å². The summed E-state index contributed by atoms with van der Waals surface area (Å²) in [5, 5.41) is 3.25. The quantitative estimate of drug-likeness (QED) is 0.727. The van der Waals surface area contributed by atoms with Crippen molar-refractivity contribution in [1.82, 2.24) is 4.98 Å². The summed E-state index contributed by atoms with van der Waals surface area (Å²) in [5.74, 6) is 0. The fourth-order valence-electron chi connectivity index (χ4n) is 1.98. The normalized spacial score (nSPS) is 10.8. The van der Waals surface area contributed by atoms with E-state index in [1.165, 1.54) is 15.3 Å². The number of benzene rings is 1. The summed E-state index contributed by atoms with van der Waals surface area (Å²) in [6, 6.07) is 12.2. The van der Waals surface area contributed by atoms with E-state index in [4.69, 9.17) is 10.7 Å². The second-order valence-electron chi connectivity index (χ2n) is 4.41. The molecule has 2 N–H and O–H groups in total. The molecule has 0 spiro atoms. The highest BCUT2D eigenvalue weighted by Crippen LogP contribution is 2.31. The Morgan fingerprint density at radius 1 is 1.16 bits per heavy atom. The molecule has 0 fully saturated rings. The van der Waals surface area contributed by atoms with Crippen molar-refractivity contribution in [1.29, 1.82) is 0 Å². The fraction of sp³-hybridized carbons (Fsp3) is 0.133. The Bertz CT molecular complexity index is 667. The first-order valence-electron chi connectivity index (χ1n) is 6.07. The summed E-state index contributed by atoms with van der Waals surface area (Å²) >= 11 is 3.52. The maximum atomic E-state index is 5.70. The standard InChI is InChI=1S/C15H14N2S2/c1-10-15(13-3-2-8-18-13)17-14(19-10)9-11-4-6-12(16)7-5-11/h2-8H,9,16H2,1H3. The van der Waals surface area contributed by atoms with Crippen LogP contribution in [0.5, 0.6) is 0 Å². The largest absolute Gasteiger partial charge is 0.399 e. The molecule has 4 heteroatoms. The van der Waals surface area contributed by atoms with Gasteiger partial charge in [-0.05, 0) is 36.1 Å². The zero-order valence-corrected chi connectivity index (χ0v) is 12.2. The molecular formula is C15H14N2S2. The highest BCUT2D eigenvalue weighted by molar-refractivity contribution is 7.15. The molecule has 3 rings (SSSR count). The number of rotatable bonds is 3. The molecule has 0 aliphatic rings. The number of aromatic nitrogens is 1. The van der Waals surface area contributed by atoms with E-state index >= 15 is 0 Å². The van der Waals surface area contributed by atoms with Gasteiger partial charge in [0.15, 0.2) is 0 Å². The van der Waals surface area contributed by atoms with Gasteiger partial charge in [0.1, 0.15) is 0 Å². The maximum absolute atomic E-state index is 5.70. The predicted octanol–water partition coefficient (Wildman–Crippen LogP) is 4.35. The number of thiophene rings is 1. The molecule has 96 valence electrons. The van der Waals surface area contributed by atoms with Gasteiger partial charge in [-0.15, -0.1) is 22.7 Å². The van der Waals surface area contributed by atoms with E-state index in [1.54, 1.807) is 22.7 Å². The lowest BCUT2D eigenvalue weighted by Gasteiger charge is -1.98. The first kappa shape index (κ1) is 12.4. The van der Waals surface area contributed by atoms with Crippen molar-refractivity contribution in [2.75, 3.05) is 5.73 Å². The summed E-state index contributed by atoms with van der Waals surface area (Å²) in [5.41, 5.74) is 8.89. The molecule has 2 nitrogen and oxygen atoms in total. The second-order valence-corrected chi connectivity index (χ2v) is 6.64. The Morgan fingerprint density at radius 3 is 2.63 bits per heavy atom. The van der Waals surface area contributed by atoms with E-state index in [0.29, 0.717) is 0 Å². The van der Waals surface area contributed by atoms with Crippen molar-refractivity contribution >= 4 is 28.4 Å². The average molecular weight is 286 g/mol. The van der Waals surface area contributed by atoms with Crippen LogP contribution in [0, 0.1) is 6.92 Å². The van der Waals surface area contributed by atoms with Crippen LogP contribution in [0.15, 0.2) is 41.8 Å². The molecule has 1 aromatic carbocycles. The van der Waals surface area contributed by atoms with Gasteiger partial charge < -0.3 is 5.73 Å². The molecular weight excluding hydrogens is 272 g/mol. The third-order valence-corrected chi connectivity index (χ3v) is 4.78. The number of hydrogen-bond donors (Lipinski definition) is 1. The third kappa shape index (κ3) is 2.69. The number of hydrogen-bond acceptors (Lipinski definition) is 4. The monoisotopic (exact) mass is 286 g/mol. The molecule has 0 aliphatic carbocycles. The van der Waals surface area contributed by atoms with Crippen molar-refractivity contribution < 1.29 is 0 Å². The van der Waals surface area contributed by atoms with Crippen LogP contribution in [0.4, 0.5) is 5.69 Å². The molecule has 0 amide bonds. The first-order chi connectivity index (χ1) is 9.22. The number of nitrogens with two attached hydrogens (primary N) is 1. The van der Waals surface area contributed by atoms with E-state index in [2.05, 4.69) is 36.6 Å². The van der Waals surface area contributed by atoms with E-state index in [9.17, 15) is 0 Å². The number of nitrogen functional groups attached to an aromatic ring is 1. The van der Waals surface area contributed by atoms with E-state index in [0.717, 1.165) is 22.8 Å². The van der Waals surface area contributed by atoms with Crippen molar-refractivity contribution in [2.24, 2.45) is 0 Å². The second kappa shape index (κ2) is 5.15. The summed E-state index contributed by atoms with van der Waals surface area (Å²) < 4.78 is 0. The third-order valence-electron chi connectivity index (χ3n) is 2.93. The van der Waals surface area contributed by atoms with Gasteiger partial charge in [-0.3, -0.25) is 0 Å². The topological polar surface area (TPSA) is 38.9 Å². The molecule has 2 aromatic heterocycles. The Hall–Kier alpha value is -1.65. The molecule has 0 atom stereocenters. The van der Waals surface area contributed by atoms with Crippen molar-refractivity contribution in [3.63, 3.8) is 0 Å². The molecule has 0 bridgehead atoms. The van der Waals surface area contributed by atoms with Crippen LogP contribution < -0.4 is 5.73 Å². The van der Waals surface area contributed by atoms with Crippen LogP contribution in [-0.4, -0.2) is 4.98 Å². The van der Waals surface area contributed by atoms with Crippen LogP contribution in [-0.2, 0) is 6.42 Å². The van der Waals surface area contributed by atoms with Crippen LogP contribution >= 0.6 is 22.7 Å². The van der Waals surface area contributed by atoms with Crippen LogP contribution in [0.25, 0.3) is 10.6 Å². The smallest absolute Gasteiger partial charge is 0.0979 e. The minimum absolute atomic E-state index is 0.804. The zero-order valence-electron chi connectivity index (χ0n) is 10.6. The van der Waals surface area contributed by atoms with Crippen molar-refractivity contribution in [3.8, 4) is 10.6 Å². The molecule has 0 unspecified atom stereocenters. The van der Waals surface area contributed by atoms with Crippen LogP contribution in [0.1, 0.15) is 15.4 Å². The van der Waals surface area contributed by atoms with E-state index in [-0.39, 0.29) is 0 Å². The Morgan fingerprint density at radius 2 is 1.95 bits per heavy atom. The number of nitrogens with zero attached hydrogens (tertiary/aromatic N) is 1. The van der Waals surface area contributed by atoms with Gasteiger partial charge in [-0.25, -0.2) is 4.98 Å². The number of aryl methyl sites for hydroxylation is 1. The molecule has 19 heavy (non-hydrogen) atoms. The predicted molar refractivity (Wildman–Crippen MR) is 83.8 cm³/mol. The van der Waals surface area contributed by atoms with Gasteiger partial charge in [0.25, 0.3) is 0 Å². The lowest BCUT2D eigenvalue weighted by Crippen LogP contribution is -1.89. The molecule has 0 saturated carbocycles. The zero-order chi connectivity index (χ0) is 13.2. The van der Waals surface area contributed by atoms with Gasteiger partial charge in [-0.2, -0.15) is 0 Å². The summed E-state index contributed by atoms with van der Waals surface area (Å²) in [4.78, 5) is 7.30. The SMILES string of the molecule is Cc1sc(Cc2ccc(N)cc2)nc1-c1cccs1. The fourth-order valence-corrected chi connectivity index (χ4v) is 3.80. The average Bonchev–Trinajstić information content (AvgIpc) is 3.01. The van der Waals surface area contributed by atoms with Gasteiger partial charge >= 0.3 is 0 Å². The summed E-state index contributed by atoms with van der Waals surface area (Å²) in [6.45, 7) is 2.14. The summed E-state index contributed by atoms with van der Waals surface area (Å²) in [6.07, 6.45) is 0.872. The molecule has 0 saturated heterocycles. The van der Waals surface area contributed by atoms with E-state index in [1.807, 2.05) is 12.1 Å². The Kier molecular flexibility index (Phi) is 3.36. The van der Waals surface area contributed by atoms with E-state index < -0.39 is 0 Å². The van der Waals surface area contributed by atoms with Crippen LogP contribution in [0.3, 0.4) is 0 Å². The number of anilines is 1. The molecule has 0 radical (unpaired) electrons. The highest BCUT2D eigenvalue weighted by atomic mass is 32.1.